The third-order valence-corrected chi connectivity index (χ3v) is 5.29. The number of amides is 2. The second kappa shape index (κ2) is 8.59. The highest BCUT2D eigenvalue weighted by Crippen LogP contribution is 2.31. The molecule has 2 amide bonds. The number of carbonyl (C=O) groups is 2. The maximum atomic E-state index is 12.5. The van der Waals surface area contributed by atoms with Crippen LogP contribution in [-0.4, -0.2) is 36.1 Å². The third kappa shape index (κ3) is 5.29. The Morgan fingerprint density at radius 3 is 2.62 bits per heavy atom. The molecule has 1 aromatic carbocycles. The number of nitrogens with one attached hydrogen (secondary N) is 1. The van der Waals surface area contributed by atoms with Crippen molar-refractivity contribution in [1.29, 1.82) is 0 Å². The number of hydrogen-bond donors (Lipinski definition) is 1. The number of halogens is 3. The first-order valence-electron chi connectivity index (χ1n) is 6.71. The van der Waals surface area contributed by atoms with Crippen LogP contribution in [0.25, 0.3) is 0 Å². The van der Waals surface area contributed by atoms with Gasteiger partial charge in [-0.1, -0.05) is 23.9 Å². The summed E-state index contributed by atoms with van der Waals surface area (Å²) in [6.07, 6.45) is 0. The molecule has 24 heavy (non-hydrogen) atoms. The first kappa shape index (κ1) is 18.9. The highest BCUT2D eigenvalue weighted by atomic mass is 79.9. The number of para-hydroxylation sites is 1. The van der Waals surface area contributed by atoms with E-state index in [0.29, 0.717) is 22.3 Å². The van der Waals surface area contributed by atoms with E-state index in [1.165, 1.54) is 29.4 Å². The zero-order valence-electron chi connectivity index (χ0n) is 12.5. The molecule has 0 fully saturated rings. The van der Waals surface area contributed by atoms with E-state index in [9.17, 15) is 18.4 Å². The number of nitrogens with zero attached hydrogens (tertiary/aromatic N) is 1. The van der Waals surface area contributed by atoms with Crippen LogP contribution in [0.15, 0.2) is 45.1 Å². The second-order valence-electron chi connectivity index (χ2n) is 4.69. The number of benzene rings is 1. The zero-order valence-corrected chi connectivity index (χ0v) is 15.7. The molecule has 0 aliphatic carbocycles. The van der Waals surface area contributed by atoms with Crippen molar-refractivity contribution in [3.8, 4) is 0 Å². The van der Waals surface area contributed by atoms with E-state index in [0.717, 1.165) is 3.79 Å². The summed E-state index contributed by atoms with van der Waals surface area (Å²) in [5.41, 5.74) is 0.299. The number of carbonyl (C=O) groups excluding carboxylic acids is 2. The zero-order chi connectivity index (χ0) is 17.7. The molecule has 0 spiro atoms. The summed E-state index contributed by atoms with van der Waals surface area (Å²) >= 11 is 4.91. The van der Waals surface area contributed by atoms with Crippen LogP contribution in [0, 0.1) is 0 Å². The van der Waals surface area contributed by atoms with Gasteiger partial charge in [0.05, 0.1) is 20.9 Å². The number of likely N-dealkylation sites (N-methyl/N-ethyl adjacent to an activating group) is 1. The number of thiophene rings is 1. The summed E-state index contributed by atoms with van der Waals surface area (Å²) in [5, 5.41) is 2.57. The monoisotopic (exact) mass is 434 g/mol. The average Bonchev–Trinajstić information content (AvgIpc) is 2.94. The quantitative estimate of drug-likeness (QED) is 0.679. The SMILES string of the molecule is CN(CC(=O)Nc1ccccc1SC(F)F)C(=O)c1ccc(Br)s1. The Labute approximate surface area is 154 Å². The molecule has 2 aromatic rings. The minimum atomic E-state index is -2.58. The van der Waals surface area contributed by atoms with Crippen molar-refractivity contribution in [3.05, 3.63) is 45.1 Å². The molecule has 0 radical (unpaired) electrons. The van der Waals surface area contributed by atoms with Gasteiger partial charge in [0.2, 0.25) is 5.91 Å². The van der Waals surface area contributed by atoms with Gasteiger partial charge < -0.3 is 10.2 Å². The van der Waals surface area contributed by atoms with Gasteiger partial charge in [-0.2, -0.15) is 8.78 Å². The van der Waals surface area contributed by atoms with Crippen LogP contribution in [0.5, 0.6) is 0 Å². The lowest BCUT2D eigenvalue weighted by molar-refractivity contribution is -0.116. The Hall–Kier alpha value is -1.45. The Balaban J connectivity index is 1.99. The molecule has 1 N–H and O–H groups in total. The minimum Gasteiger partial charge on any atom is -0.332 e. The molecular formula is C15H13BrF2N2O2S2. The lowest BCUT2D eigenvalue weighted by Crippen LogP contribution is -2.34. The van der Waals surface area contributed by atoms with Crippen LogP contribution in [0.4, 0.5) is 14.5 Å². The summed E-state index contributed by atoms with van der Waals surface area (Å²) < 4.78 is 25.9. The number of thioether (sulfide) groups is 1. The number of alkyl halides is 2. The van der Waals surface area contributed by atoms with Crippen molar-refractivity contribution >= 4 is 56.5 Å². The molecular weight excluding hydrogens is 422 g/mol. The van der Waals surface area contributed by atoms with Crippen molar-refractivity contribution in [3.63, 3.8) is 0 Å². The van der Waals surface area contributed by atoms with E-state index in [2.05, 4.69) is 21.2 Å². The van der Waals surface area contributed by atoms with Gasteiger partial charge in [0.25, 0.3) is 11.7 Å². The highest BCUT2D eigenvalue weighted by molar-refractivity contribution is 9.11. The number of rotatable bonds is 6. The molecule has 0 saturated carbocycles. The highest BCUT2D eigenvalue weighted by Gasteiger charge is 2.18. The van der Waals surface area contributed by atoms with Crippen LogP contribution in [0.2, 0.25) is 0 Å². The van der Waals surface area contributed by atoms with E-state index in [1.54, 1.807) is 30.3 Å². The summed E-state index contributed by atoms with van der Waals surface area (Å²) in [6.45, 7) is -0.179. The van der Waals surface area contributed by atoms with Gasteiger partial charge in [0, 0.05) is 11.9 Å². The van der Waals surface area contributed by atoms with Gasteiger partial charge in [0.1, 0.15) is 0 Å². The van der Waals surface area contributed by atoms with Crippen LogP contribution < -0.4 is 5.32 Å². The molecule has 0 atom stereocenters. The molecule has 0 aliphatic rings. The van der Waals surface area contributed by atoms with Gasteiger partial charge >= 0.3 is 0 Å². The minimum absolute atomic E-state index is 0.179. The predicted octanol–water partition coefficient (Wildman–Crippen LogP) is 4.54. The fourth-order valence-corrected chi connectivity index (χ4v) is 3.84. The van der Waals surface area contributed by atoms with Crippen LogP contribution in [0.3, 0.4) is 0 Å². The Kier molecular flexibility index (Phi) is 6.76. The summed E-state index contributed by atoms with van der Waals surface area (Å²) in [7, 11) is 1.51. The Morgan fingerprint density at radius 2 is 2.00 bits per heavy atom. The molecule has 0 saturated heterocycles. The predicted molar refractivity (Wildman–Crippen MR) is 95.9 cm³/mol. The van der Waals surface area contributed by atoms with Gasteiger partial charge in [-0.3, -0.25) is 9.59 Å². The molecule has 0 aliphatic heterocycles. The smallest absolute Gasteiger partial charge is 0.288 e. The molecule has 1 aromatic heterocycles. The molecule has 0 bridgehead atoms. The van der Waals surface area contributed by atoms with Crippen LogP contribution in [0.1, 0.15) is 9.67 Å². The van der Waals surface area contributed by atoms with E-state index in [4.69, 9.17) is 0 Å². The van der Waals surface area contributed by atoms with Crippen molar-refractivity contribution in [2.75, 3.05) is 18.9 Å². The first-order valence-corrected chi connectivity index (χ1v) is 9.20. The number of anilines is 1. The topological polar surface area (TPSA) is 49.4 Å². The average molecular weight is 435 g/mol. The van der Waals surface area contributed by atoms with Crippen molar-refractivity contribution < 1.29 is 18.4 Å². The molecule has 128 valence electrons. The summed E-state index contributed by atoms with van der Waals surface area (Å²) in [6, 6.07) is 9.73. The van der Waals surface area contributed by atoms with Gasteiger partial charge in [-0.25, -0.2) is 0 Å². The molecule has 0 unspecified atom stereocenters. The molecule has 9 heteroatoms. The molecule has 1 heterocycles. The third-order valence-electron chi connectivity index (χ3n) is 2.89. The fourth-order valence-electron chi connectivity index (χ4n) is 1.86. The van der Waals surface area contributed by atoms with Gasteiger partial charge in [-0.15, -0.1) is 11.3 Å². The van der Waals surface area contributed by atoms with Crippen molar-refractivity contribution in [1.82, 2.24) is 4.90 Å². The van der Waals surface area contributed by atoms with Crippen molar-refractivity contribution in [2.24, 2.45) is 0 Å². The largest absolute Gasteiger partial charge is 0.332 e. The molecule has 2 rings (SSSR count). The number of hydrogen-bond acceptors (Lipinski definition) is 4. The Morgan fingerprint density at radius 1 is 1.29 bits per heavy atom. The van der Waals surface area contributed by atoms with Crippen LogP contribution >= 0.6 is 39.0 Å². The molecule has 4 nitrogen and oxygen atoms in total. The lowest BCUT2D eigenvalue weighted by atomic mass is 10.3. The van der Waals surface area contributed by atoms with Gasteiger partial charge in [-0.05, 0) is 40.2 Å². The summed E-state index contributed by atoms with van der Waals surface area (Å²) in [5.74, 6) is -3.32. The second-order valence-corrected chi connectivity index (χ2v) is 8.18. The normalized spacial score (nSPS) is 10.7. The maximum absolute atomic E-state index is 12.5. The Bertz CT molecular complexity index is 740. The summed E-state index contributed by atoms with van der Waals surface area (Å²) in [4.78, 5) is 26.3. The van der Waals surface area contributed by atoms with Crippen molar-refractivity contribution in [2.45, 2.75) is 10.7 Å². The van der Waals surface area contributed by atoms with E-state index in [1.807, 2.05) is 0 Å². The van der Waals surface area contributed by atoms with Gasteiger partial charge in [0.15, 0.2) is 0 Å². The maximum Gasteiger partial charge on any atom is 0.288 e. The van der Waals surface area contributed by atoms with E-state index < -0.39 is 11.7 Å². The van der Waals surface area contributed by atoms with E-state index >= 15 is 0 Å². The fraction of sp³-hybridized carbons (Fsp3) is 0.200. The lowest BCUT2D eigenvalue weighted by Gasteiger charge is -2.17. The standard InChI is InChI=1S/C15H13BrF2N2O2S2/c1-20(14(22)11-6-7-12(16)23-11)8-13(21)19-9-4-2-3-5-10(9)24-15(17)18/h2-7,15H,8H2,1H3,(H,19,21). The van der Waals surface area contributed by atoms with Crippen LogP contribution in [-0.2, 0) is 4.79 Å². The first-order chi connectivity index (χ1) is 11.4. The van der Waals surface area contributed by atoms with E-state index in [-0.39, 0.29) is 17.3 Å².